The van der Waals surface area contributed by atoms with Gasteiger partial charge >= 0.3 is 0 Å². The minimum atomic E-state index is 0.943. The molecule has 88 valence electrons. The van der Waals surface area contributed by atoms with Crippen LogP contribution in [0.1, 0.15) is 44.7 Å². The molecule has 0 aliphatic carbocycles. The van der Waals surface area contributed by atoms with Crippen LogP contribution in [0.15, 0.2) is 24.3 Å². The van der Waals surface area contributed by atoms with Crippen molar-refractivity contribution in [3.05, 3.63) is 35.4 Å². The highest BCUT2D eigenvalue weighted by atomic mass is 16.5. The SMILES string of the molecule is CC/C=C(\C)c1cc(OC)ccc1CCC. The Labute approximate surface area is 99.1 Å². The average molecular weight is 218 g/mol. The van der Waals surface area contributed by atoms with Gasteiger partial charge in [0.1, 0.15) is 5.75 Å². The zero-order valence-electron chi connectivity index (χ0n) is 10.8. The lowest BCUT2D eigenvalue weighted by Crippen LogP contribution is -1.94. The van der Waals surface area contributed by atoms with Crippen molar-refractivity contribution < 1.29 is 4.74 Å². The van der Waals surface area contributed by atoms with E-state index in [-0.39, 0.29) is 0 Å². The molecule has 0 aromatic heterocycles. The maximum atomic E-state index is 5.29. The fourth-order valence-corrected chi connectivity index (χ4v) is 1.95. The van der Waals surface area contributed by atoms with Crippen molar-refractivity contribution in [2.24, 2.45) is 0 Å². The zero-order valence-corrected chi connectivity index (χ0v) is 10.8. The largest absolute Gasteiger partial charge is 0.497 e. The zero-order chi connectivity index (χ0) is 12.0. The Hall–Kier alpha value is -1.24. The molecule has 0 fully saturated rings. The maximum absolute atomic E-state index is 5.29. The first kappa shape index (κ1) is 12.8. The lowest BCUT2D eigenvalue weighted by Gasteiger charge is -2.11. The van der Waals surface area contributed by atoms with E-state index in [1.54, 1.807) is 7.11 Å². The normalized spacial score (nSPS) is 11.6. The molecular weight excluding hydrogens is 196 g/mol. The molecule has 0 aliphatic rings. The van der Waals surface area contributed by atoms with Crippen LogP contribution in [-0.4, -0.2) is 7.11 Å². The Balaban J connectivity index is 3.14. The van der Waals surface area contributed by atoms with Crippen LogP contribution in [0.25, 0.3) is 5.57 Å². The third-order valence-electron chi connectivity index (χ3n) is 2.77. The minimum Gasteiger partial charge on any atom is -0.497 e. The smallest absolute Gasteiger partial charge is 0.119 e. The van der Waals surface area contributed by atoms with Crippen molar-refractivity contribution in [1.29, 1.82) is 0 Å². The van der Waals surface area contributed by atoms with Crippen molar-refractivity contribution in [2.45, 2.75) is 40.0 Å². The topological polar surface area (TPSA) is 9.23 Å². The van der Waals surface area contributed by atoms with Gasteiger partial charge in [-0.05, 0) is 48.6 Å². The highest BCUT2D eigenvalue weighted by Crippen LogP contribution is 2.25. The summed E-state index contributed by atoms with van der Waals surface area (Å²) in [5.41, 5.74) is 4.11. The predicted molar refractivity (Wildman–Crippen MR) is 70.9 cm³/mol. The van der Waals surface area contributed by atoms with E-state index in [2.05, 4.69) is 39.0 Å². The van der Waals surface area contributed by atoms with Crippen LogP contribution in [0.2, 0.25) is 0 Å². The van der Waals surface area contributed by atoms with E-state index in [1.165, 1.54) is 23.1 Å². The molecule has 0 N–H and O–H groups in total. The van der Waals surface area contributed by atoms with Gasteiger partial charge < -0.3 is 4.74 Å². The Bertz CT molecular complexity index is 364. The van der Waals surface area contributed by atoms with Gasteiger partial charge in [-0.15, -0.1) is 0 Å². The van der Waals surface area contributed by atoms with E-state index in [0.29, 0.717) is 0 Å². The van der Waals surface area contributed by atoms with Crippen LogP contribution in [-0.2, 0) is 6.42 Å². The number of hydrogen-bond donors (Lipinski definition) is 0. The van der Waals surface area contributed by atoms with Crippen molar-refractivity contribution in [2.75, 3.05) is 7.11 Å². The molecule has 0 radical (unpaired) electrons. The van der Waals surface area contributed by atoms with Gasteiger partial charge in [-0.3, -0.25) is 0 Å². The lowest BCUT2D eigenvalue weighted by atomic mass is 9.97. The summed E-state index contributed by atoms with van der Waals surface area (Å²) in [6, 6.07) is 6.38. The van der Waals surface area contributed by atoms with Crippen molar-refractivity contribution in [1.82, 2.24) is 0 Å². The van der Waals surface area contributed by atoms with E-state index < -0.39 is 0 Å². The fraction of sp³-hybridized carbons (Fsp3) is 0.467. The summed E-state index contributed by atoms with van der Waals surface area (Å²) in [7, 11) is 1.72. The molecule has 0 spiro atoms. The van der Waals surface area contributed by atoms with Crippen molar-refractivity contribution in [3.8, 4) is 5.75 Å². The number of methoxy groups -OCH3 is 1. The highest BCUT2D eigenvalue weighted by molar-refractivity contribution is 5.68. The molecule has 0 heterocycles. The molecule has 1 aromatic carbocycles. The molecule has 0 saturated carbocycles. The third kappa shape index (κ3) is 3.13. The Kier molecular flexibility index (Phi) is 5.10. The third-order valence-corrected chi connectivity index (χ3v) is 2.77. The first-order valence-electron chi connectivity index (χ1n) is 6.07. The van der Waals surface area contributed by atoms with Crippen molar-refractivity contribution >= 4 is 5.57 Å². The average Bonchev–Trinajstić information content (AvgIpc) is 2.30. The summed E-state index contributed by atoms with van der Waals surface area (Å²) in [5, 5.41) is 0. The Morgan fingerprint density at radius 2 is 2.06 bits per heavy atom. The molecule has 1 heteroatoms. The van der Waals surface area contributed by atoms with E-state index in [0.717, 1.165) is 18.6 Å². The van der Waals surface area contributed by atoms with Gasteiger partial charge in [0.25, 0.3) is 0 Å². The monoisotopic (exact) mass is 218 g/mol. The summed E-state index contributed by atoms with van der Waals surface area (Å²) in [6.07, 6.45) is 5.66. The molecule has 16 heavy (non-hydrogen) atoms. The van der Waals surface area contributed by atoms with Gasteiger partial charge in [0, 0.05) is 0 Å². The van der Waals surface area contributed by atoms with Crippen LogP contribution in [0, 0.1) is 0 Å². The summed E-state index contributed by atoms with van der Waals surface area (Å²) in [6.45, 7) is 6.56. The Morgan fingerprint density at radius 3 is 2.62 bits per heavy atom. The number of benzene rings is 1. The van der Waals surface area contributed by atoms with E-state index in [9.17, 15) is 0 Å². The van der Waals surface area contributed by atoms with Crippen molar-refractivity contribution in [3.63, 3.8) is 0 Å². The van der Waals surface area contributed by atoms with Gasteiger partial charge in [-0.1, -0.05) is 32.4 Å². The van der Waals surface area contributed by atoms with Crippen LogP contribution < -0.4 is 4.74 Å². The number of allylic oxidation sites excluding steroid dienone is 2. The molecule has 0 amide bonds. The molecule has 0 aliphatic heterocycles. The van der Waals surface area contributed by atoms with E-state index >= 15 is 0 Å². The number of aryl methyl sites for hydroxylation is 1. The van der Waals surface area contributed by atoms with Crippen LogP contribution in [0.4, 0.5) is 0 Å². The highest BCUT2D eigenvalue weighted by Gasteiger charge is 2.05. The van der Waals surface area contributed by atoms with Crippen LogP contribution in [0.5, 0.6) is 5.75 Å². The maximum Gasteiger partial charge on any atom is 0.119 e. The number of rotatable bonds is 5. The molecule has 1 nitrogen and oxygen atoms in total. The summed E-state index contributed by atoms with van der Waals surface area (Å²) in [5.74, 6) is 0.943. The van der Waals surface area contributed by atoms with Gasteiger partial charge in [-0.2, -0.15) is 0 Å². The summed E-state index contributed by atoms with van der Waals surface area (Å²) in [4.78, 5) is 0. The van der Waals surface area contributed by atoms with Gasteiger partial charge in [0.2, 0.25) is 0 Å². The second-order valence-corrected chi connectivity index (χ2v) is 4.07. The lowest BCUT2D eigenvalue weighted by molar-refractivity contribution is 0.414. The minimum absolute atomic E-state index is 0.943. The van der Waals surface area contributed by atoms with E-state index in [4.69, 9.17) is 4.74 Å². The van der Waals surface area contributed by atoms with Gasteiger partial charge in [0.05, 0.1) is 7.11 Å². The van der Waals surface area contributed by atoms with Crippen LogP contribution in [0.3, 0.4) is 0 Å². The molecule has 0 unspecified atom stereocenters. The predicted octanol–water partition coefficient (Wildman–Crippen LogP) is 4.46. The van der Waals surface area contributed by atoms with Gasteiger partial charge in [0.15, 0.2) is 0 Å². The molecule has 0 saturated heterocycles. The van der Waals surface area contributed by atoms with Gasteiger partial charge in [-0.25, -0.2) is 0 Å². The summed E-state index contributed by atoms with van der Waals surface area (Å²) < 4.78 is 5.29. The standard InChI is InChI=1S/C15H22O/c1-5-7-12(3)15-11-14(16-4)10-9-13(15)8-6-2/h7,9-11H,5-6,8H2,1-4H3/b12-7+. The molecular formula is C15H22O. The first-order valence-corrected chi connectivity index (χ1v) is 6.07. The Morgan fingerprint density at radius 1 is 1.31 bits per heavy atom. The van der Waals surface area contributed by atoms with E-state index in [1.807, 2.05) is 6.07 Å². The molecule has 0 atom stereocenters. The second-order valence-electron chi connectivity index (χ2n) is 4.07. The fourth-order valence-electron chi connectivity index (χ4n) is 1.95. The van der Waals surface area contributed by atoms with Crippen LogP contribution >= 0.6 is 0 Å². The molecule has 0 bridgehead atoms. The number of hydrogen-bond acceptors (Lipinski definition) is 1. The first-order chi connectivity index (χ1) is 7.72. The summed E-state index contributed by atoms with van der Waals surface area (Å²) >= 11 is 0. The second kappa shape index (κ2) is 6.37. The number of ether oxygens (including phenoxy) is 1. The molecule has 1 rings (SSSR count). The quantitative estimate of drug-likeness (QED) is 0.709. The molecule has 1 aromatic rings.